The Balaban J connectivity index is 1.78. The van der Waals surface area contributed by atoms with Crippen LogP contribution in [0.1, 0.15) is 0 Å². The number of benzene rings is 1. The zero-order chi connectivity index (χ0) is 16.6. The Morgan fingerprint density at radius 3 is 3.04 bits per heavy atom. The number of aryl methyl sites for hydroxylation is 1. The van der Waals surface area contributed by atoms with Crippen LogP contribution in [0.5, 0.6) is 0 Å². The Kier molecular flexibility index (Phi) is 4.22. The third-order valence-corrected chi connectivity index (χ3v) is 4.93. The van der Waals surface area contributed by atoms with E-state index in [4.69, 9.17) is 21.7 Å². The third kappa shape index (κ3) is 3.02. The molecular weight excluding hydrogens is 338 g/mol. The summed E-state index contributed by atoms with van der Waals surface area (Å²) in [4.78, 5) is 25.3. The number of ether oxygens (including phenoxy) is 2. The van der Waals surface area contributed by atoms with E-state index in [-0.39, 0.29) is 16.2 Å². The van der Waals surface area contributed by atoms with Gasteiger partial charge in [-0.25, -0.2) is 4.79 Å². The van der Waals surface area contributed by atoms with Gasteiger partial charge in [-0.15, -0.1) is 0 Å². The van der Waals surface area contributed by atoms with Gasteiger partial charge in [0, 0.05) is 12.7 Å². The number of thiazole rings is 1. The third-order valence-electron chi connectivity index (χ3n) is 3.62. The van der Waals surface area contributed by atoms with Crippen molar-refractivity contribution in [3.05, 3.63) is 27.9 Å². The maximum atomic E-state index is 12.1. The molecule has 0 saturated carbocycles. The van der Waals surface area contributed by atoms with Crippen LogP contribution in [0.15, 0.2) is 23.0 Å². The van der Waals surface area contributed by atoms with Crippen LogP contribution in [0.4, 0.5) is 10.5 Å². The molecule has 1 aliphatic heterocycles. The minimum atomic E-state index is -0.414. The summed E-state index contributed by atoms with van der Waals surface area (Å²) in [5, 5.41) is 3.13. The number of carbonyl (C=O) groups excluding carboxylic acids is 1. The molecule has 0 bridgehead atoms. The van der Waals surface area contributed by atoms with Gasteiger partial charge in [-0.3, -0.25) is 9.69 Å². The van der Waals surface area contributed by atoms with Gasteiger partial charge < -0.3 is 19.4 Å². The predicted octanol–water partition coefficient (Wildman–Crippen LogP) is 1.45. The van der Waals surface area contributed by atoms with E-state index in [1.54, 1.807) is 16.5 Å². The SMILES string of the molecule is COC(=S)NC[C@H]1CN(c2ccc3c(c2)sc(=O)n3C)C(=O)O1. The number of aromatic nitrogens is 1. The molecule has 1 aromatic heterocycles. The highest BCUT2D eigenvalue weighted by atomic mass is 32.1. The summed E-state index contributed by atoms with van der Waals surface area (Å²) in [6, 6.07) is 5.48. The Labute approximate surface area is 141 Å². The molecule has 0 radical (unpaired) electrons. The van der Waals surface area contributed by atoms with Crippen molar-refractivity contribution in [2.45, 2.75) is 6.10 Å². The number of amides is 1. The van der Waals surface area contributed by atoms with Crippen molar-refractivity contribution in [3.8, 4) is 0 Å². The van der Waals surface area contributed by atoms with Crippen molar-refractivity contribution in [3.63, 3.8) is 0 Å². The van der Waals surface area contributed by atoms with E-state index in [0.717, 1.165) is 21.6 Å². The average Bonchev–Trinajstić information content (AvgIpc) is 3.05. The van der Waals surface area contributed by atoms with Gasteiger partial charge in [-0.1, -0.05) is 11.3 Å². The van der Waals surface area contributed by atoms with Gasteiger partial charge in [0.05, 0.1) is 30.4 Å². The molecule has 2 heterocycles. The van der Waals surface area contributed by atoms with Gasteiger partial charge in [0.1, 0.15) is 6.10 Å². The van der Waals surface area contributed by atoms with E-state index in [9.17, 15) is 9.59 Å². The number of anilines is 1. The molecule has 3 rings (SSSR count). The summed E-state index contributed by atoms with van der Waals surface area (Å²) < 4.78 is 12.6. The minimum Gasteiger partial charge on any atom is -0.474 e. The molecule has 0 spiro atoms. The normalized spacial score (nSPS) is 17.4. The average molecular weight is 353 g/mol. The predicted molar refractivity (Wildman–Crippen MR) is 92.3 cm³/mol. The molecule has 1 fully saturated rings. The molecule has 1 N–H and O–H groups in total. The molecular formula is C14H15N3O4S2. The molecule has 1 atom stereocenters. The molecule has 23 heavy (non-hydrogen) atoms. The number of cyclic esters (lactones) is 1. The smallest absolute Gasteiger partial charge is 0.414 e. The molecule has 122 valence electrons. The second-order valence-corrected chi connectivity index (χ2v) is 6.43. The minimum absolute atomic E-state index is 0.0312. The van der Waals surface area contributed by atoms with Crippen LogP contribution in [0.2, 0.25) is 0 Å². The van der Waals surface area contributed by atoms with E-state index in [1.807, 2.05) is 18.2 Å². The lowest BCUT2D eigenvalue weighted by atomic mass is 10.2. The van der Waals surface area contributed by atoms with Crippen LogP contribution in [0.25, 0.3) is 10.2 Å². The molecule has 1 aromatic carbocycles. The van der Waals surface area contributed by atoms with Crippen molar-refractivity contribution >= 4 is 50.7 Å². The summed E-state index contributed by atoms with van der Waals surface area (Å²) in [5.74, 6) is 0. The summed E-state index contributed by atoms with van der Waals surface area (Å²) in [5.41, 5.74) is 1.56. The van der Waals surface area contributed by atoms with Gasteiger partial charge in [0.2, 0.25) is 0 Å². The Morgan fingerprint density at radius 1 is 1.52 bits per heavy atom. The van der Waals surface area contributed by atoms with Crippen molar-refractivity contribution in [1.82, 2.24) is 9.88 Å². The van der Waals surface area contributed by atoms with Crippen LogP contribution in [0, 0.1) is 0 Å². The topological polar surface area (TPSA) is 72.8 Å². The lowest BCUT2D eigenvalue weighted by molar-refractivity contribution is 0.142. The van der Waals surface area contributed by atoms with Gasteiger partial charge in [-0.05, 0) is 30.4 Å². The first kappa shape index (κ1) is 15.8. The van der Waals surface area contributed by atoms with Crippen molar-refractivity contribution < 1.29 is 14.3 Å². The summed E-state index contributed by atoms with van der Waals surface area (Å²) in [6.07, 6.45) is -0.733. The van der Waals surface area contributed by atoms with Crippen molar-refractivity contribution in [1.29, 1.82) is 0 Å². The number of nitrogens with zero attached hydrogens (tertiary/aromatic N) is 2. The molecule has 9 heteroatoms. The molecule has 2 aromatic rings. The number of hydrogen-bond acceptors (Lipinski definition) is 6. The number of nitrogens with one attached hydrogen (secondary N) is 1. The number of thiocarbonyl (C=S) groups is 1. The Morgan fingerprint density at radius 2 is 2.30 bits per heavy atom. The van der Waals surface area contributed by atoms with E-state index in [1.165, 1.54) is 7.11 Å². The molecule has 1 amide bonds. The van der Waals surface area contributed by atoms with Crippen LogP contribution in [0.3, 0.4) is 0 Å². The zero-order valence-corrected chi connectivity index (χ0v) is 14.2. The monoisotopic (exact) mass is 353 g/mol. The molecule has 1 saturated heterocycles. The first-order valence-corrected chi connectivity index (χ1v) is 8.11. The first-order chi connectivity index (χ1) is 11.0. The number of rotatable bonds is 3. The van der Waals surface area contributed by atoms with E-state index >= 15 is 0 Å². The highest BCUT2D eigenvalue weighted by molar-refractivity contribution is 7.80. The Bertz CT molecular complexity index is 829. The number of methoxy groups -OCH3 is 1. The fourth-order valence-electron chi connectivity index (χ4n) is 2.40. The zero-order valence-electron chi connectivity index (χ0n) is 12.6. The highest BCUT2D eigenvalue weighted by Crippen LogP contribution is 2.27. The second kappa shape index (κ2) is 6.17. The molecule has 0 unspecified atom stereocenters. The van der Waals surface area contributed by atoms with Gasteiger partial charge >= 0.3 is 11.0 Å². The van der Waals surface area contributed by atoms with E-state index in [2.05, 4.69) is 5.32 Å². The van der Waals surface area contributed by atoms with Crippen LogP contribution in [-0.4, -0.2) is 42.1 Å². The fourth-order valence-corrected chi connectivity index (χ4v) is 3.39. The quantitative estimate of drug-likeness (QED) is 0.842. The number of carbonyl (C=O) groups is 1. The first-order valence-electron chi connectivity index (χ1n) is 6.89. The molecule has 1 aliphatic rings. The van der Waals surface area contributed by atoms with Crippen molar-refractivity contribution in [2.24, 2.45) is 7.05 Å². The van der Waals surface area contributed by atoms with Crippen molar-refractivity contribution in [2.75, 3.05) is 25.1 Å². The van der Waals surface area contributed by atoms with Gasteiger partial charge in [0.15, 0.2) is 0 Å². The second-order valence-electron chi connectivity index (χ2n) is 5.07. The van der Waals surface area contributed by atoms with Crippen LogP contribution in [-0.2, 0) is 16.5 Å². The largest absolute Gasteiger partial charge is 0.474 e. The maximum absolute atomic E-state index is 12.1. The lowest BCUT2D eigenvalue weighted by Crippen LogP contribution is -2.34. The molecule has 0 aliphatic carbocycles. The summed E-state index contributed by atoms with van der Waals surface area (Å²) >= 11 is 6.05. The van der Waals surface area contributed by atoms with E-state index < -0.39 is 6.09 Å². The number of hydrogen-bond donors (Lipinski definition) is 1. The number of fused-ring (bicyclic) bond motifs is 1. The highest BCUT2D eigenvalue weighted by Gasteiger charge is 2.32. The summed E-state index contributed by atoms with van der Waals surface area (Å²) in [6.45, 7) is 0.793. The lowest BCUT2D eigenvalue weighted by Gasteiger charge is -2.13. The Hall–Kier alpha value is -2.13. The maximum Gasteiger partial charge on any atom is 0.414 e. The van der Waals surface area contributed by atoms with Crippen LogP contribution < -0.4 is 15.1 Å². The summed E-state index contributed by atoms with van der Waals surface area (Å²) in [7, 11) is 3.20. The van der Waals surface area contributed by atoms with Gasteiger partial charge in [0.25, 0.3) is 5.17 Å². The van der Waals surface area contributed by atoms with Gasteiger partial charge in [-0.2, -0.15) is 0 Å². The fraction of sp³-hybridized carbons (Fsp3) is 0.357. The van der Waals surface area contributed by atoms with Crippen LogP contribution >= 0.6 is 23.6 Å². The molecule has 7 nitrogen and oxygen atoms in total. The standard InChI is InChI=1S/C14H15N3O4S2/c1-16-10-4-3-8(5-11(10)23-14(16)19)17-7-9(21-13(17)18)6-15-12(22)20-2/h3-5,9H,6-7H2,1-2H3,(H,15,22)/t9-/m0/s1. The van der Waals surface area contributed by atoms with E-state index in [0.29, 0.717) is 18.8 Å².